The van der Waals surface area contributed by atoms with Crippen LogP contribution in [-0.2, 0) is 14.3 Å². The van der Waals surface area contributed by atoms with E-state index in [1.54, 1.807) is 0 Å². The Morgan fingerprint density at radius 3 is 2.47 bits per heavy atom. The molecule has 0 spiro atoms. The van der Waals surface area contributed by atoms with Gasteiger partial charge in [0.2, 0.25) is 5.91 Å². The van der Waals surface area contributed by atoms with E-state index in [-0.39, 0.29) is 12.4 Å². The monoisotopic (exact) mass is 264 g/mol. The number of hydrogen-bond acceptors (Lipinski definition) is 4. The average Bonchev–Trinajstić information content (AvgIpc) is 2.28. The number of amides is 3. The summed E-state index contributed by atoms with van der Waals surface area (Å²) in [5.41, 5.74) is 0. The van der Waals surface area contributed by atoms with Crippen LogP contribution in [0.4, 0.5) is 4.79 Å². The topological polar surface area (TPSA) is 75.7 Å². The fourth-order valence-electron chi connectivity index (χ4n) is 0.964. The van der Waals surface area contributed by atoms with E-state index in [0.717, 1.165) is 0 Å². The average molecular weight is 265 g/mol. The first-order valence-electron chi connectivity index (χ1n) is 5.15. The molecule has 0 aromatic carbocycles. The van der Waals surface area contributed by atoms with Crippen LogP contribution in [0.25, 0.3) is 0 Å². The highest BCUT2D eigenvalue weighted by Crippen LogP contribution is 1.97. The van der Waals surface area contributed by atoms with E-state index in [1.807, 2.05) is 0 Å². The minimum atomic E-state index is -0.762. The van der Waals surface area contributed by atoms with Crippen molar-refractivity contribution in [2.24, 2.45) is 0 Å². The largest absolute Gasteiger partial charge is 0.469 e. The molecule has 0 aromatic rings. The zero-order chi connectivity index (χ0) is 13.4. The third-order valence-corrected chi connectivity index (χ3v) is 2.24. The fraction of sp³-hybridized carbons (Fsp3) is 0.700. The van der Waals surface area contributed by atoms with Crippen molar-refractivity contribution in [3.63, 3.8) is 0 Å². The Hall–Kier alpha value is -1.30. The summed E-state index contributed by atoms with van der Waals surface area (Å²) in [5, 5.41) is 1.37. The Morgan fingerprint density at radius 2 is 2.00 bits per heavy atom. The predicted octanol–water partition coefficient (Wildman–Crippen LogP) is 0.735. The molecule has 7 heteroatoms. The quantitative estimate of drug-likeness (QED) is 0.587. The standard InChI is InChI=1S/C10H17ClN2O4/c1-7(11)9(15)12-10(16)13(2)6-4-5-8(14)17-3/h7H,4-6H2,1-3H3,(H,12,15,16). The molecule has 6 nitrogen and oxygen atoms in total. The van der Waals surface area contributed by atoms with E-state index in [0.29, 0.717) is 13.0 Å². The smallest absolute Gasteiger partial charge is 0.323 e. The predicted molar refractivity (Wildman–Crippen MR) is 62.7 cm³/mol. The summed E-state index contributed by atoms with van der Waals surface area (Å²) in [6, 6.07) is -0.535. The third-order valence-electron chi connectivity index (χ3n) is 2.04. The maximum atomic E-state index is 11.4. The molecule has 1 N–H and O–H groups in total. The van der Waals surface area contributed by atoms with E-state index >= 15 is 0 Å². The molecule has 0 saturated carbocycles. The number of ether oxygens (including phenoxy) is 1. The van der Waals surface area contributed by atoms with Gasteiger partial charge in [-0.25, -0.2) is 4.79 Å². The van der Waals surface area contributed by atoms with Gasteiger partial charge < -0.3 is 9.64 Å². The molecule has 98 valence electrons. The van der Waals surface area contributed by atoms with E-state index in [4.69, 9.17) is 11.6 Å². The van der Waals surface area contributed by atoms with Crippen molar-refractivity contribution in [2.75, 3.05) is 20.7 Å². The van der Waals surface area contributed by atoms with Gasteiger partial charge in [0.25, 0.3) is 0 Å². The fourth-order valence-corrected chi connectivity index (χ4v) is 1.02. The first-order valence-corrected chi connectivity index (χ1v) is 5.59. The summed E-state index contributed by atoms with van der Waals surface area (Å²) in [6.45, 7) is 1.83. The van der Waals surface area contributed by atoms with Gasteiger partial charge in [0.1, 0.15) is 5.38 Å². The lowest BCUT2D eigenvalue weighted by molar-refractivity contribution is -0.140. The Morgan fingerprint density at radius 1 is 1.41 bits per heavy atom. The number of carbonyl (C=O) groups excluding carboxylic acids is 3. The normalized spacial score (nSPS) is 11.5. The number of urea groups is 1. The highest BCUT2D eigenvalue weighted by molar-refractivity contribution is 6.31. The van der Waals surface area contributed by atoms with Crippen molar-refractivity contribution in [3.8, 4) is 0 Å². The van der Waals surface area contributed by atoms with Gasteiger partial charge in [-0.15, -0.1) is 11.6 Å². The highest BCUT2D eigenvalue weighted by Gasteiger charge is 2.16. The highest BCUT2D eigenvalue weighted by atomic mass is 35.5. The molecule has 0 fully saturated rings. The van der Waals surface area contributed by atoms with Crippen LogP contribution >= 0.6 is 11.6 Å². The van der Waals surface area contributed by atoms with Crippen LogP contribution in [0.2, 0.25) is 0 Å². The summed E-state index contributed by atoms with van der Waals surface area (Å²) in [5.74, 6) is -0.874. The number of hydrogen-bond donors (Lipinski definition) is 1. The van der Waals surface area contributed by atoms with Crippen LogP contribution in [0, 0.1) is 0 Å². The summed E-state index contributed by atoms with van der Waals surface area (Å²) >= 11 is 5.50. The molecule has 1 atom stereocenters. The molecule has 0 aliphatic heterocycles. The summed E-state index contributed by atoms with van der Waals surface area (Å²) in [4.78, 5) is 34.7. The third kappa shape index (κ3) is 6.78. The molecule has 0 heterocycles. The van der Waals surface area contributed by atoms with Gasteiger partial charge in [0, 0.05) is 20.0 Å². The first kappa shape index (κ1) is 15.7. The van der Waals surface area contributed by atoms with Gasteiger partial charge in [-0.3, -0.25) is 14.9 Å². The molecule has 0 saturated heterocycles. The van der Waals surface area contributed by atoms with Crippen molar-refractivity contribution >= 4 is 29.5 Å². The maximum Gasteiger partial charge on any atom is 0.323 e. The molecular weight excluding hydrogens is 248 g/mol. The second-order valence-corrected chi connectivity index (χ2v) is 4.17. The van der Waals surface area contributed by atoms with Gasteiger partial charge >= 0.3 is 12.0 Å². The number of nitrogens with zero attached hydrogens (tertiary/aromatic N) is 1. The molecule has 1 unspecified atom stereocenters. The number of carbonyl (C=O) groups is 3. The van der Waals surface area contributed by atoms with Crippen molar-refractivity contribution in [2.45, 2.75) is 25.1 Å². The van der Waals surface area contributed by atoms with E-state index in [9.17, 15) is 14.4 Å². The molecule has 0 aliphatic carbocycles. The second kappa shape index (κ2) is 7.89. The van der Waals surface area contributed by atoms with Gasteiger partial charge in [-0.1, -0.05) is 0 Å². The zero-order valence-corrected chi connectivity index (χ0v) is 10.9. The molecule has 17 heavy (non-hydrogen) atoms. The van der Waals surface area contributed by atoms with Crippen LogP contribution in [0.15, 0.2) is 0 Å². The lowest BCUT2D eigenvalue weighted by Gasteiger charge is -2.17. The molecule has 0 bridgehead atoms. The number of methoxy groups -OCH3 is 1. The van der Waals surface area contributed by atoms with Gasteiger partial charge in [-0.2, -0.15) is 0 Å². The zero-order valence-electron chi connectivity index (χ0n) is 10.2. The lowest BCUT2D eigenvalue weighted by atomic mass is 10.3. The van der Waals surface area contributed by atoms with Gasteiger partial charge in [0.05, 0.1) is 7.11 Å². The van der Waals surface area contributed by atoms with Crippen molar-refractivity contribution in [3.05, 3.63) is 0 Å². The molecule has 0 rings (SSSR count). The number of imide groups is 1. The summed E-state index contributed by atoms with van der Waals surface area (Å²) < 4.78 is 4.46. The van der Waals surface area contributed by atoms with Gasteiger partial charge in [-0.05, 0) is 13.3 Å². The number of alkyl halides is 1. The van der Waals surface area contributed by atoms with Crippen LogP contribution < -0.4 is 5.32 Å². The summed E-state index contributed by atoms with van der Waals surface area (Å²) in [7, 11) is 2.83. The molecular formula is C10H17ClN2O4. The van der Waals surface area contributed by atoms with Crippen molar-refractivity contribution in [1.29, 1.82) is 0 Å². The maximum absolute atomic E-state index is 11.4. The summed E-state index contributed by atoms with van der Waals surface area (Å²) in [6.07, 6.45) is 0.704. The minimum absolute atomic E-state index is 0.230. The molecule has 0 aliphatic rings. The van der Waals surface area contributed by atoms with Crippen LogP contribution in [0.1, 0.15) is 19.8 Å². The Kier molecular flexibility index (Phi) is 7.29. The van der Waals surface area contributed by atoms with Gasteiger partial charge in [0.15, 0.2) is 0 Å². The Labute approximate surface area is 105 Å². The molecule has 0 aromatic heterocycles. The number of halogens is 1. The van der Waals surface area contributed by atoms with E-state index < -0.39 is 17.3 Å². The minimum Gasteiger partial charge on any atom is -0.469 e. The molecule has 0 radical (unpaired) electrons. The van der Waals surface area contributed by atoms with E-state index in [1.165, 1.54) is 26.0 Å². The Bertz CT molecular complexity index is 294. The van der Waals surface area contributed by atoms with Crippen LogP contribution in [-0.4, -0.2) is 48.9 Å². The SMILES string of the molecule is COC(=O)CCCN(C)C(=O)NC(=O)C(C)Cl. The lowest BCUT2D eigenvalue weighted by Crippen LogP contribution is -2.43. The van der Waals surface area contributed by atoms with E-state index in [2.05, 4.69) is 10.1 Å². The van der Waals surface area contributed by atoms with Crippen LogP contribution in [0.5, 0.6) is 0 Å². The first-order chi connectivity index (χ1) is 7.88. The van der Waals surface area contributed by atoms with Crippen molar-refractivity contribution < 1.29 is 19.1 Å². The second-order valence-electron chi connectivity index (χ2n) is 3.51. The van der Waals surface area contributed by atoms with Crippen molar-refractivity contribution in [1.82, 2.24) is 10.2 Å². The number of nitrogens with one attached hydrogen (secondary N) is 1. The molecule has 3 amide bonds. The number of rotatable bonds is 5. The Balaban J connectivity index is 3.90. The number of esters is 1. The van der Waals surface area contributed by atoms with Crippen LogP contribution in [0.3, 0.4) is 0 Å².